The molecule has 0 atom stereocenters. The van der Waals surface area contributed by atoms with E-state index in [-0.39, 0.29) is 6.42 Å². The molecule has 0 aliphatic heterocycles. The van der Waals surface area contributed by atoms with E-state index in [4.69, 9.17) is 16.7 Å². The summed E-state index contributed by atoms with van der Waals surface area (Å²) in [5.41, 5.74) is 1.03. The van der Waals surface area contributed by atoms with Crippen molar-refractivity contribution in [3.05, 3.63) is 34.9 Å². The molecule has 0 saturated heterocycles. The minimum atomic E-state index is -0.895. The molecule has 14 heavy (non-hydrogen) atoms. The number of hydrogen-bond acceptors (Lipinski definition) is 1. The van der Waals surface area contributed by atoms with E-state index in [2.05, 4.69) is 11.8 Å². The standard InChI is InChI=1S/C11H9ClO2/c12-10-7-5-9(6-8-10)3-1-2-4-11(13)14/h5-8H,3-4H2,(H,13,14). The molecule has 1 aromatic rings. The van der Waals surface area contributed by atoms with Crippen LogP contribution in [0.5, 0.6) is 0 Å². The summed E-state index contributed by atoms with van der Waals surface area (Å²) in [7, 11) is 0. The normalized spacial score (nSPS) is 8.93. The molecule has 1 aromatic carbocycles. The zero-order chi connectivity index (χ0) is 10.4. The lowest BCUT2D eigenvalue weighted by molar-refractivity contribution is -0.135. The number of carboxylic acids is 1. The van der Waals surface area contributed by atoms with Crippen LogP contribution in [0.15, 0.2) is 24.3 Å². The molecule has 0 fully saturated rings. The van der Waals surface area contributed by atoms with Gasteiger partial charge >= 0.3 is 5.97 Å². The van der Waals surface area contributed by atoms with Crippen molar-refractivity contribution < 1.29 is 9.90 Å². The van der Waals surface area contributed by atoms with Crippen LogP contribution in [-0.4, -0.2) is 11.1 Å². The maximum absolute atomic E-state index is 10.1. The van der Waals surface area contributed by atoms with Crippen molar-refractivity contribution >= 4 is 17.6 Å². The van der Waals surface area contributed by atoms with Gasteiger partial charge in [-0.05, 0) is 17.7 Å². The van der Waals surface area contributed by atoms with E-state index in [0.29, 0.717) is 11.4 Å². The van der Waals surface area contributed by atoms with Gasteiger partial charge in [0, 0.05) is 11.4 Å². The fourth-order valence-electron chi connectivity index (χ4n) is 0.905. The highest BCUT2D eigenvalue weighted by atomic mass is 35.5. The highest BCUT2D eigenvalue weighted by molar-refractivity contribution is 6.30. The van der Waals surface area contributed by atoms with Gasteiger partial charge in [0.2, 0.25) is 0 Å². The van der Waals surface area contributed by atoms with Crippen molar-refractivity contribution in [3.8, 4) is 11.8 Å². The summed E-state index contributed by atoms with van der Waals surface area (Å²) < 4.78 is 0. The molecule has 0 spiro atoms. The molecule has 0 saturated carbocycles. The zero-order valence-electron chi connectivity index (χ0n) is 7.46. The van der Waals surface area contributed by atoms with Gasteiger partial charge in [0.15, 0.2) is 0 Å². The Morgan fingerprint density at radius 1 is 1.29 bits per heavy atom. The minimum Gasteiger partial charge on any atom is -0.481 e. The Morgan fingerprint density at radius 2 is 1.93 bits per heavy atom. The van der Waals surface area contributed by atoms with Crippen molar-refractivity contribution in [2.45, 2.75) is 12.8 Å². The van der Waals surface area contributed by atoms with E-state index < -0.39 is 5.97 Å². The molecule has 0 bridgehead atoms. The Morgan fingerprint density at radius 3 is 2.50 bits per heavy atom. The van der Waals surface area contributed by atoms with Crippen molar-refractivity contribution in [1.82, 2.24) is 0 Å². The first-order valence-electron chi connectivity index (χ1n) is 4.10. The highest BCUT2D eigenvalue weighted by Crippen LogP contribution is 2.09. The largest absolute Gasteiger partial charge is 0.481 e. The van der Waals surface area contributed by atoms with Crippen molar-refractivity contribution in [2.75, 3.05) is 0 Å². The van der Waals surface area contributed by atoms with Gasteiger partial charge in [-0.1, -0.05) is 35.6 Å². The Labute approximate surface area is 87.5 Å². The van der Waals surface area contributed by atoms with Crippen LogP contribution < -0.4 is 0 Å². The van der Waals surface area contributed by atoms with Crippen LogP contribution in [0, 0.1) is 11.8 Å². The summed E-state index contributed by atoms with van der Waals surface area (Å²) in [5, 5.41) is 9.01. The maximum atomic E-state index is 10.1. The molecule has 1 N–H and O–H groups in total. The van der Waals surface area contributed by atoms with Gasteiger partial charge in [0.05, 0.1) is 0 Å². The molecule has 0 heterocycles. The van der Waals surface area contributed by atoms with Crippen molar-refractivity contribution in [2.24, 2.45) is 0 Å². The number of benzene rings is 1. The number of rotatable bonds is 2. The van der Waals surface area contributed by atoms with Crippen LogP contribution in [-0.2, 0) is 11.2 Å². The Kier molecular flexibility index (Phi) is 4.03. The summed E-state index contributed by atoms with van der Waals surface area (Å²) >= 11 is 5.70. The summed E-state index contributed by atoms with van der Waals surface area (Å²) in [6.45, 7) is 0. The van der Waals surface area contributed by atoms with Crippen LogP contribution in [0.1, 0.15) is 12.0 Å². The molecule has 0 aliphatic carbocycles. The van der Waals surface area contributed by atoms with Gasteiger partial charge in [-0.2, -0.15) is 0 Å². The third-order valence-electron chi connectivity index (χ3n) is 1.57. The molecule has 0 amide bonds. The quantitative estimate of drug-likeness (QED) is 0.758. The Bertz CT molecular complexity index is 371. The van der Waals surface area contributed by atoms with E-state index in [1.165, 1.54) is 0 Å². The molecule has 0 radical (unpaired) electrons. The second-order valence-corrected chi connectivity index (χ2v) is 3.16. The number of carbonyl (C=O) groups is 1. The van der Waals surface area contributed by atoms with E-state index in [0.717, 1.165) is 5.56 Å². The lowest BCUT2D eigenvalue weighted by Gasteiger charge is -1.93. The maximum Gasteiger partial charge on any atom is 0.315 e. The second-order valence-electron chi connectivity index (χ2n) is 2.73. The van der Waals surface area contributed by atoms with Crippen LogP contribution in [0.4, 0.5) is 0 Å². The van der Waals surface area contributed by atoms with Gasteiger partial charge in [-0.3, -0.25) is 4.79 Å². The average Bonchev–Trinajstić information content (AvgIpc) is 2.15. The third-order valence-corrected chi connectivity index (χ3v) is 1.82. The number of halogens is 1. The molecule has 3 heteroatoms. The summed E-state index contributed by atoms with van der Waals surface area (Å²) in [4.78, 5) is 10.1. The zero-order valence-corrected chi connectivity index (χ0v) is 8.21. The van der Waals surface area contributed by atoms with Gasteiger partial charge in [0.25, 0.3) is 0 Å². The SMILES string of the molecule is O=C(O)CC#CCc1ccc(Cl)cc1. The minimum absolute atomic E-state index is 0.104. The smallest absolute Gasteiger partial charge is 0.315 e. The van der Waals surface area contributed by atoms with Crippen LogP contribution >= 0.6 is 11.6 Å². The van der Waals surface area contributed by atoms with Crippen LogP contribution in [0.25, 0.3) is 0 Å². The van der Waals surface area contributed by atoms with Gasteiger partial charge in [0.1, 0.15) is 6.42 Å². The molecule has 0 aliphatic rings. The second kappa shape index (κ2) is 5.31. The van der Waals surface area contributed by atoms with E-state index in [1.54, 1.807) is 12.1 Å². The lowest BCUT2D eigenvalue weighted by atomic mass is 10.1. The number of hydrogen-bond donors (Lipinski definition) is 1. The highest BCUT2D eigenvalue weighted by Gasteiger charge is 1.91. The molecular weight excluding hydrogens is 200 g/mol. The van der Waals surface area contributed by atoms with Gasteiger partial charge < -0.3 is 5.11 Å². The molecule has 0 aromatic heterocycles. The van der Waals surface area contributed by atoms with Gasteiger partial charge in [-0.15, -0.1) is 0 Å². The number of aliphatic carboxylic acids is 1. The molecule has 0 unspecified atom stereocenters. The third kappa shape index (κ3) is 3.97. The summed E-state index contributed by atoms with van der Waals surface area (Å²) in [6.07, 6.45) is 0.456. The predicted octanol–water partition coefficient (Wildman–Crippen LogP) is 2.36. The molecule has 72 valence electrons. The van der Waals surface area contributed by atoms with Crippen molar-refractivity contribution in [1.29, 1.82) is 0 Å². The van der Waals surface area contributed by atoms with Crippen LogP contribution in [0.3, 0.4) is 0 Å². The first-order chi connectivity index (χ1) is 6.68. The molecule has 1 rings (SSSR count). The van der Waals surface area contributed by atoms with Gasteiger partial charge in [-0.25, -0.2) is 0 Å². The van der Waals surface area contributed by atoms with Crippen molar-refractivity contribution in [3.63, 3.8) is 0 Å². The predicted molar refractivity (Wildman–Crippen MR) is 55.2 cm³/mol. The number of carboxylic acid groups (broad SMARTS) is 1. The Balaban J connectivity index is 2.48. The van der Waals surface area contributed by atoms with E-state index in [9.17, 15) is 4.79 Å². The monoisotopic (exact) mass is 208 g/mol. The lowest BCUT2D eigenvalue weighted by Crippen LogP contribution is -1.90. The summed E-state index contributed by atoms with van der Waals surface area (Å²) in [6, 6.07) is 7.32. The molecule has 2 nitrogen and oxygen atoms in total. The fraction of sp³-hybridized carbons (Fsp3) is 0.182. The average molecular weight is 209 g/mol. The molecular formula is C11H9ClO2. The first-order valence-corrected chi connectivity index (χ1v) is 4.48. The first kappa shape index (κ1) is 10.6. The topological polar surface area (TPSA) is 37.3 Å². The fourth-order valence-corrected chi connectivity index (χ4v) is 1.03. The summed E-state index contributed by atoms with van der Waals surface area (Å²) in [5.74, 6) is 4.45. The van der Waals surface area contributed by atoms with E-state index >= 15 is 0 Å². The van der Waals surface area contributed by atoms with E-state index in [1.807, 2.05) is 12.1 Å². The Hall–Kier alpha value is -1.46. The van der Waals surface area contributed by atoms with Crippen LogP contribution in [0.2, 0.25) is 5.02 Å².